The minimum Gasteiger partial charge on any atom is -0.508 e. The number of carbonyl (C=O) groups excluding carboxylic acids is 1. The Labute approximate surface area is 269 Å². The Morgan fingerprint density at radius 1 is 0.957 bits per heavy atom. The summed E-state index contributed by atoms with van der Waals surface area (Å²) in [5.74, 6) is -2.42. The molecule has 2 N–H and O–H groups in total. The van der Waals surface area contributed by atoms with Gasteiger partial charge in [0.25, 0.3) is 5.56 Å². The Bertz CT molecular complexity index is 1860. The maximum absolute atomic E-state index is 15.0. The van der Waals surface area contributed by atoms with Crippen LogP contribution in [0, 0.1) is 18.7 Å². The van der Waals surface area contributed by atoms with Crippen LogP contribution in [-0.4, -0.2) is 32.4 Å². The Morgan fingerprint density at radius 2 is 1.62 bits per heavy atom. The van der Waals surface area contributed by atoms with Gasteiger partial charge < -0.3 is 15.2 Å². The average Bonchev–Trinajstić information content (AvgIpc) is 2.98. The van der Waals surface area contributed by atoms with Crippen molar-refractivity contribution < 1.29 is 32.2 Å². The number of phenolic OH excluding ortho intramolecular Hbond substituents is 1. The molecule has 0 aliphatic rings. The first-order chi connectivity index (χ1) is 22.0. The number of hydrogen-bond donors (Lipinski definition) is 2. The normalized spacial score (nSPS) is 13.3. The number of rotatable bonds is 10. The van der Waals surface area contributed by atoms with E-state index in [0.29, 0.717) is 5.56 Å². The van der Waals surface area contributed by atoms with E-state index in [1.807, 2.05) is 0 Å². The van der Waals surface area contributed by atoms with Crippen molar-refractivity contribution >= 4 is 5.97 Å². The summed E-state index contributed by atoms with van der Waals surface area (Å²) < 4.78 is 64.1. The summed E-state index contributed by atoms with van der Waals surface area (Å²) in [4.78, 5) is 40.9. The van der Waals surface area contributed by atoms with Crippen molar-refractivity contribution in [1.82, 2.24) is 14.5 Å². The summed E-state index contributed by atoms with van der Waals surface area (Å²) in [7, 11) is 0. The van der Waals surface area contributed by atoms with Gasteiger partial charge in [-0.05, 0) is 63.1 Å². The quantitative estimate of drug-likeness (QED) is 0.156. The summed E-state index contributed by atoms with van der Waals surface area (Å²) >= 11 is 0. The van der Waals surface area contributed by atoms with E-state index in [0.717, 1.165) is 27.3 Å². The fourth-order valence-electron chi connectivity index (χ4n) is 5.25. The van der Waals surface area contributed by atoms with E-state index in [1.54, 1.807) is 58.0 Å². The zero-order chi connectivity index (χ0) is 34.7. The molecule has 0 aliphatic carbocycles. The number of benzene rings is 3. The summed E-state index contributed by atoms with van der Waals surface area (Å²) in [6.07, 6.45) is -4.91. The largest absolute Gasteiger partial charge is 0.508 e. The number of phenols is 1. The number of hydrogen-bond acceptors (Lipinski definition) is 6. The Kier molecular flexibility index (Phi) is 10.4. The van der Waals surface area contributed by atoms with Crippen molar-refractivity contribution in [1.29, 1.82) is 0 Å². The van der Waals surface area contributed by atoms with Crippen LogP contribution in [0.5, 0.6) is 5.75 Å². The third kappa shape index (κ3) is 8.37. The molecule has 250 valence electrons. The predicted octanol–water partition coefficient (Wildman–Crippen LogP) is 6.21. The van der Waals surface area contributed by atoms with E-state index in [9.17, 15) is 37.1 Å². The lowest BCUT2D eigenvalue weighted by atomic mass is 10.0. The number of carbonyl (C=O) groups is 1. The van der Waals surface area contributed by atoms with Gasteiger partial charge in [0.05, 0.1) is 36.2 Å². The van der Waals surface area contributed by atoms with Crippen molar-refractivity contribution in [2.75, 3.05) is 6.54 Å². The van der Waals surface area contributed by atoms with Gasteiger partial charge in [-0.15, -0.1) is 0 Å². The number of nitrogens with zero attached hydrogens (tertiary/aromatic N) is 2. The summed E-state index contributed by atoms with van der Waals surface area (Å²) in [6.45, 7) is 7.28. The molecule has 0 fully saturated rings. The molecule has 3 aromatic carbocycles. The molecule has 8 nitrogen and oxygen atoms in total. The van der Waals surface area contributed by atoms with E-state index in [4.69, 9.17) is 4.74 Å². The third-order valence-electron chi connectivity index (χ3n) is 7.61. The third-order valence-corrected chi connectivity index (χ3v) is 7.61. The molecule has 2 atom stereocenters. The number of aromatic hydroxyl groups is 1. The molecule has 1 heterocycles. The van der Waals surface area contributed by atoms with E-state index in [-0.39, 0.29) is 35.7 Å². The van der Waals surface area contributed by atoms with Crippen LogP contribution >= 0.6 is 0 Å². The minimum atomic E-state index is -4.91. The number of nitrogens with one attached hydrogen (secondary N) is 1. The monoisotopic (exact) mass is 655 g/mol. The van der Waals surface area contributed by atoms with Gasteiger partial charge in [-0.2, -0.15) is 13.2 Å². The van der Waals surface area contributed by atoms with Crippen LogP contribution in [0.25, 0.3) is 11.1 Å². The number of ether oxygens (including phenoxy) is 1. The van der Waals surface area contributed by atoms with Crippen molar-refractivity contribution in [2.24, 2.45) is 5.92 Å². The van der Waals surface area contributed by atoms with E-state index >= 15 is 0 Å². The van der Waals surface area contributed by atoms with Crippen molar-refractivity contribution in [2.45, 2.75) is 65.5 Å². The fourth-order valence-corrected chi connectivity index (χ4v) is 5.25. The van der Waals surface area contributed by atoms with Crippen molar-refractivity contribution in [3.05, 3.63) is 122 Å². The molecule has 4 aromatic rings. The molecule has 0 radical (unpaired) electrons. The maximum Gasteiger partial charge on any atom is 0.416 e. The number of esters is 1. The van der Waals surface area contributed by atoms with Gasteiger partial charge in [-0.25, -0.2) is 9.18 Å². The highest BCUT2D eigenvalue weighted by molar-refractivity contribution is 5.72. The number of halogens is 4. The van der Waals surface area contributed by atoms with Crippen LogP contribution in [0.15, 0.2) is 82.4 Å². The molecule has 0 spiro atoms. The zero-order valence-electron chi connectivity index (χ0n) is 26.7. The van der Waals surface area contributed by atoms with Gasteiger partial charge in [0, 0.05) is 17.8 Å². The van der Waals surface area contributed by atoms with Crippen molar-refractivity contribution in [3.8, 4) is 16.9 Å². The molecule has 0 saturated carbocycles. The highest BCUT2D eigenvalue weighted by atomic mass is 19.4. The van der Waals surface area contributed by atoms with Crippen molar-refractivity contribution in [3.63, 3.8) is 0 Å². The Morgan fingerprint density at radius 3 is 2.23 bits per heavy atom. The SMILES string of the molecule is Cc1c(-c2cccc(O)c2)c(=O)n(C[C@H](NCC(C)C(=O)OC(C)(C)C)c2ccccc2)c(=O)n1Cc1c(F)cccc1C(F)(F)F. The summed E-state index contributed by atoms with van der Waals surface area (Å²) in [5, 5.41) is 13.4. The number of aromatic nitrogens is 2. The maximum atomic E-state index is 15.0. The second-order valence-electron chi connectivity index (χ2n) is 12.4. The van der Waals surface area contributed by atoms with Crippen LogP contribution in [0.3, 0.4) is 0 Å². The summed E-state index contributed by atoms with van der Waals surface area (Å²) in [5.41, 5.74) is -3.65. The molecular formula is C35H37F4N3O5. The first-order valence-corrected chi connectivity index (χ1v) is 15.0. The van der Waals surface area contributed by atoms with E-state index < -0.39 is 64.4 Å². The molecule has 0 aliphatic heterocycles. The molecule has 47 heavy (non-hydrogen) atoms. The predicted molar refractivity (Wildman–Crippen MR) is 169 cm³/mol. The lowest BCUT2D eigenvalue weighted by Gasteiger charge is -2.26. The van der Waals surface area contributed by atoms with E-state index in [1.165, 1.54) is 31.2 Å². The van der Waals surface area contributed by atoms with E-state index in [2.05, 4.69) is 5.32 Å². The zero-order valence-corrected chi connectivity index (χ0v) is 26.7. The standard InChI is InChI=1S/C35H37F4N3O5/c1-21(32(45)47-34(3,4)5)18-40-29(23-11-7-6-8-12-23)20-42-31(44)30(24-13-9-14-25(43)17-24)22(2)41(33(42)46)19-26-27(35(37,38)39)15-10-16-28(26)36/h6-17,21,29,40,43H,18-20H2,1-5H3/t21?,29-/m0/s1. The lowest BCUT2D eigenvalue weighted by Crippen LogP contribution is -2.45. The van der Waals surface area contributed by atoms with Crippen LogP contribution in [-0.2, 0) is 28.8 Å². The molecule has 0 saturated heterocycles. The fraction of sp³-hybridized carbons (Fsp3) is 0.343. The molecule has 1 aromatic heterocycles. The van der Waals surface area contributed by atoms with Crippen LogP contribution in [0.1, 0.15) is 56.1 Å². The van der Waals surface area contributed by atoms with Crippen LogP contribution < -0.4 is 16.6 Å². The number of alkyl halides is 3. The van der Waals surface area contributed by atoms with Gasteiger partial charge in [0.2, 0.25) is 0 Å². The molecule has 4 rings (SSSR count). The first-order valence-electron chi connectivity index (χ1n) is 15.0. The molecular weight excluding hydrogens is 618 g/mol. The molecule has 1 unspecified atom stereocenters. The molecule has 12 heteroatoms. The Hall–Kier alpha value is -4.71. The topological polar surface area (TPSA) is 103 Å². The lowest BCUT2D eigenvalue weighted by molar-refractivity contribution is -0.159. The van der Waals surface area contributed by atoms with Gasteiger partial charge in [0.1, 0.15) is 17.2 Å². The minimum absolute atomic E-state index is 0.0130. The Balaban J connectivity index is 1.87. The van der Waals surface area contributed by atoms with Gasteiger partial charge in [-0.3, -0.25) is 18.7 Å². The van der Waals surface area contributed by atoms with Crippen LogP contribution in [0.2, 0.25) is 0 Å². The molecule has 0 bridgehead atoms. The van der Waals surface area contributed by atoms with Crippen LogP contribution in [0.4, 0.5) is 17.6 Å². The summed E-state index contributed by atoms with van der Waals surface area (Å²) in [6, 6.07) is 16.3. The smallest absolute Gasteiger partial charge is 0.416 e. The molecule has 0 amide bonds. The van der Waals surface area contributed by atoms with Gasteiger partial charge in [-0.1, -0.05) is 55.5 Å². The highest BCUT2D eigenvalue weighted by Crippen LogP contribution is 2.34. The first kappa shape index (κ1) is 35.1. The van der Waals surface area contributed by atoms with Gasteiger partial charge >= 0.3 is 17.8 Å². The van der Waals surface area contributed by atoms with Gasteiger partial charge in [0.15, 0.2) is 0 Å². The second-order valence-corrected chi connectivity index (χ2v) is 12.4. The average molecular weight is 656 g/mol. The second kappa shape index (κ2) is 14.0. The highest BCUT2D eigenvalue weighted by Gasteiger charge is 2.35.